The Balaban J connectivity index is 2.71. The molecule has 0 saturated carbocycles. The standard InChI is InChI=1S/C16H26N2O3S/c1-12-5-4-6-13(7-8-15(21)17(2)3)16(12)18(22)11-14(20)9-10-19/h4-6,12,16,19,22H,7-11H2,1-3H3. The van der Waals surface area contributed by atoms with Crippen LogP contribution in [-0.2, 0) is 9.59 Å². The van der Waals surface area contributed by atoms with Crippen LogP contribution >= 0.6 is 12.8 Å². The first-order chi connectivity index (χ1) is 10.4. The molecule has 0 heterocycles. The second-order valence-electron chi connectivity index (χ2n) is 5.83. The van der Waals surface area contributed by atoms with Crippen LogP contribution < -0.4 is 0 Å². The maximum Gasteiger partial charge on any atom is 0.222 e. The quantitative estimate of drug-likeness (QED) is 0.663. The van der Waals surface area contributed by atoms with Crippen LogP contribution in [0, 0.1) is 5.92 Å². The van der Waals surface area contributed by atoms with Crippen LogP contribution in [0.25, 0.3) is 0 Å². The van der Waals surface area contributed by atoms with E-state index >= 15 is 0 Å². The van der Waals surface area contributed by atoms with Gasteiger partial charge in [-0.3, -0.25) is 9.59 Å². The molecule has 0 bridgehead atoms. The number of rotatable bonds is 8. The number of nitrogens with zero attached hydrogens (tertiary/aromatic N) is 2. The zero-order valence-electron chi connectivity index (χ0n) is 13.5. The van der Waals surface area contributed by atoms with Crippen LogP contribution in [-0.4, -0.2) is 59.3 Å². The molecule has 0 aromatic heterocycles. The number of hydrogen-bond acceptors (Lipinski definition) is 5. The normalized spacial score (nSPS) is 20.9. The van der Waals surface area contributed by atoms with Gasteiger partial charge >= 0.3 is 0 Å². The van der Waals surface area contributed by atoms with Crippen LogP contribution in [0.1, 0.15) is 26.2 Å². The second kappa shape index (κ2) is 9.12. The molecule has 0 fully saturated rings. The minimum Gasteiger partial charge on any atom is -0.396 e. The Labute approximate surface area is 138 Å². The number of thiol groups is 1. The molecule has 0 aromatic carbocycles. The molecule has 1 aliphatic rings. The number of carbonyl (C=O) groups is 2. The fourth-order valence-electron chi connectivity index (χ4n) is 2.55. The first-order valence-corrected chi connectivity index (χ1v) is 7.92. The third-order valence-electron chi connectivity index (χ3n) is 3.78. The Bertz CT molecular complexity index is 460. The average molecular weight is 326 g/mol. The van der Waals surface area contributed by atoms with E-state index in [1.807, 2.05) is 12.2 Å². The lowest BCUT2D eigenvalue weighted by atomic mass is 9.87. The molecule has 22 heavy (non-hydrogen) atoms. The van der Waals surface area contributed by atoms with E-state index in [2.05, 4.69) is 25.8 Å². The highest BCUT2D eigenvalue weighted by molar-refractivity contribution is 7.77. The molecule has 1 rings (SSSR count). The summed E-state index contributed by atoms with van der Waals surface area (Å²) in [6.07, 6.45) is 7.32. The van der Waals surface area contributed by atoms with Gasteiger partial charge in [0.1, 0.15) is 5.78 Å². The van der Waals surface area contributed by atoms with Crippen molar-refractivity contribution in [2.24, 2.45) is 5.92 Å². The van der Waals surface area contributed by atoms with Gasteiger partial charge in [0.15, 0.2) is 0 Å². The average Bonchev–Trinajstić information content (AvgIpc) is 2.44. The lowest BCUT2D eigenvalue weighted by Gasteiger charge is -2.34. The Kier molecular flexibility index (Phi) is 7.85. The van der Waals surface area contributed by atoms with Gasteiger partial charge in [-0.05, 0) is 12.3 Å². The number of allylic oxidation sites excluding steroid dienone is 2. The zero-order chi connectivity index (χ0) is 16.7. The Morgan fingerprint density at radius 3 is 2.59 bits per heavy atom. The second-order valence-corrected chi connectivity index (χ2v) is 6.34. The van der Waals surface area contributed by atoms with Gasteiger partial charge in [0.05, 0.1) is 13.2 Å². The van der Waals surface area contributed by atoms with Gasteiger partial charge in [-0.1, -0.05) is 43.5 Å². The molecule has 0 spiro atoms. The molecule has 0 saturated heterocycles. The number of ketones is 1. The molecule has 1 aliphatic carbocycles. The molecule has 2 atom stereocenters. The van der Waals surface area contributed by atoms with E-state index in [0.717, 1.165) is 5.57 Å². The Morgan fingerprint density at radius 2 is 2.00 bits per heavy atom. The van der Waals surface area contributed by atoms with Crippen LogP contribution in [0.4, 0.5) is 0 Å². The fourth-order valence-corrected chi connectivity index (χ4v) is 3.06. The van der Waals surface area contributed by atoms with Gasteiger partial charge in [0.25, 0.3) is 0 Å². The van der Waals surface area contributed by atoms with E-state index in [9.17, 15) is 9.59 Å². The summed E-state index contributed by atoms with van der Waals surface area (Å²) < 4.78 is 1.72. The lowest BCUT2D eigenvalue weighted by molar-refractivity contribution is -0.128. The Hall–Kier alpha value is -1.11. The Morgan fingerprint density at radius 1 is 1.32 bits per heavy atom. The van der Waals surface area contributed by atoms with Gasteiger partial charge in [-0.25, -0.2) is 4.31 Å². The van der Waals surface area contributed by atoms with Crippen molar-refractivity contribution >= 4 is 24.5 Å². The van der Waals surface area contributed by atoms with E-state index in [1.165, 1.54) is 0 Å². The molecule has 0 radical (unpaired) electrons. The topological polar surface area (TPSA) is 60.9 Å². The van der Waals surface area contributed by atoms with Crippen molar-refractivity contribution in [3.05, 3.63) is 23.8 Å². The summed E-state index contributed by atoms with van der Waals surface area (Å²) in [6, 6.07) is -0.00839. The van der Waals surface area contributed by atoms with Crippen molar-refractivity contribution < 1.29 is 14.7 Å². The van der Waals surface area contributed by atoms with Gasteiger partial charge in [-0.2, -0.15) is 0 Å². The summed E-state index contributed by atoms with van der Waals surface area (Å²) in [5, 5.41) is 8.83. The minimum absolute atomic E-state index is 0.00839. The molecule has 124 valence electrons. The van der Waals surface area contributed by atoms with Crippen molar-refractivity contribution in [3.63, 3.8) is 0 Å². The molecule has 2 unspecified atom stereocenters. The molecular formula is C16H26N2O3S. The van der Waals surface area contributed by atoms with Crippen LogP contribution in [0.3, 0.4) is 0 Å². The highest BCUT2D eigenvalue weighted by atomic mass is 32.1. The van der Waals surface area contributed by atoms with E-state index < -0.39 is 0 Å². The summed E-state index contributed by atoms with van der Waals surface area (Å²) in [7, 11) is 3.49. The molecular weight excluding hydrogens is 300 g/mol. The monoisotopic (exact) mass is 326 g/mol. The fraction of sp³-hybridized carbons (Fsp3) is 0.625. The molecule has 0 aliphatic heterocycles. The zero-order valence-corrected chi connectivity index (χ0v) is 14.4. The van der Waals surface area contributed by atoms with E-state index in [-0.39, 0.29) is 43.2 Å². The third kappa shape index (κ3) is 5.59. The predicted molar refractivity (Wildman–Crippen MR) is 90.5 cm³/mol. The smallest absolute Gasteiger partial charge is 0.222 e. The maximum absolute atomic E-state index is 11.8. The first-order valence-electron chi connectivity index (χ1n) is 7.52. The number of carbonyl (C=O) groups excluding carboxylic acids is 2. The summed E-state index contributed by atoms with van der Waals surface area (Å²) in [5.74, 6) is 0.265. The van der Waals surface area contributed by atoms with Crippen molar-refractivity contribution in [1.82, 2.24) is 9.21 Å². The molecule has 1 N–H and O–H groups in total. The lowest BCUT2D eigenvalue weighted by Crippen LogP contribution is -2.39. The molecule has 0 aromatic rings. The van der Waals surface area contributed by atoms with E-state index in [0.29, 0.717) is 12.8 Å². The van der Waals surface area contributed by atoms with Gasteiger partial charge in [0, 0.05) is 33.0 Å². The van der Waals surface area contributed by atoms with Crippen molar-refractivity contribution in [1.29, 1.82) is 0 Å². The number of aliphatic hydroxyl groups is 1. The molecule has 6 heteroatoms. The van der Waals surface area contributed by atoms with Crippen LogP contribution in [0.15, 0.2) is 23.8 Å². The van der Waals surface area contributed by atoms with Gasteiger partial charge in [-0.15, -0.1) is 0 Å². The van der Waals surface area contributed by atoms with E-state index in [1.54, 1.807) is 23.3 Å². The van der Waals surface area contributed by atoms with Gasteiger partial charge < -0.3 is 10.0 Å². The number of Topliss-reactive ketones (excluding diaryl/α,β-unsaturated/α-hetero) is 1. The predicted octanol–water partition coefficient (Wildman–Crippen LogP) is 1.45. The number of hydrogen-bond donors (Lipinski definition) is 2. The first kappa shape index (κ1) is 18.9. The highest BCUT2D eigenvalue weighted by Crippen LogP contribution is 2.29. The minimum atomic E-state index is -0.138. The van der Waals surface area contributed by atoms with Crippen LogP contribution in [0.2, 0.25) is 0 Å². The van der Waals surface area contributed by atoms with E-state index in [4.69, 9.17) is 5.11 Å². The van der Waals surface area contributed by atoms with Crippen LogP contribution in [0.5, 0.6) is 0 Å². The summed E-state index contributed by atoms with van der Waals surface area (Å²) >= 11 is 4.47. The summed E-state index contributed by atoms with van der Waals surface area (Å²) in [4.78, 5) is 25.1. The third-order valence-corrected chi connectivity index (χ3v) is 4.17. The maximum atomic E-state index is 11.8. The van der Waals surface area contributed by atoms with Crippen molar-refractivity contribution in [3.8, 4) is 0 Å². The molecule has 5 nitrogen and oxygen atoms in total. The number of aliphatic hydroxyl groups excluding tert-OH is 1. The SMILES string of the molecule is CC1C=CC=C(CCC(=O)N(C)C)C1N(S)CC(=O)CCO. The van der Waals surface area contributed by atoms with Crippen molar-refractivity contribution in [2.75, 3.05) is 27.2 Å². The summed E-state index contributed by atoms with van der Waals surface area (Å²) in [5.41, 5.74) is 1.11. The molecule has 1 amide bonds. The largest absolute Gasteiger partial charge is 0.396 e. The van der Waals surface area contributed by atoms with Crippen molar-refractivity contribution in [2.45, 2.75) is 32.2 Å². The highest BCUT2D eigenvalue weighted by Gasteiger charge is 2.28. The van der Waals surface area contributed by atoms with Gasteiger partial charge in [0.2, 0.25) is 5.91 Å². The number of amides is 1. The summed E-state index contributed by atoms with van der Waals surface area (Å²) in [6.45, 7) is 2.12.